The van der Waals surface area contributed by atoms with Crippen LogP contribution in [-0.4, -0.2) is 47.1 Å². The summed E-state index contributed by atoms with van der Waals surface area (Å²) < 4.78 is 5.29. The first kappa shape index (κ1) is 14.0. The quantitative estimate of drug-likeness (QED) is 0.792. The fourth-order valence-corrected chi connectivity index (χ4v) is 2.85. The van der Waals surface area contributed by atoms with E-state index in [9.17, 15) is 4.79 Å². The van der Waals surface area contributed by atoms with Gasteiger partial charge in [0.2, 0.25) is 0 Å². The number of nitrogens with zero attached hydrogens (tertiary/aromatic N) is 2. The minimum Gasteiger partial charge on any atom is -0.378 e. The van der Waals surface area contributed by atoms with E-state index in [0.717, 1.165) is 22.3 Å². The highest BCUT2D eigenvalue weighted by molar-refractivity contribution is 5.95. The van der Waals surface area contributed by atoms with Crippen molar-refractivity contribution in [1.82, 2.24) is 14.9 Å². The van der Waals surface area contributed by atoms with E-state index in [0.29, 0.717) is 31.9 Å². The van der Waals surface area contributed by atoms with E-state index in [4.69, 9.17) is 4.74 Å². The van der Waals surface area contributed by atoms with Gasteiger partial charge in [-0.3, -0.25) is 4.79 Å². The van der Waals surface area contributed by atoms with Crippen molar-refractivity contribution in [2.24, 2.45) is 0 Å². The molecule has 23 heavy (non-hydrogen) atoms. The van der Waals surface area contributed by atoms with Crippen LogP contribution in [0.1, 0.15) is 10.4 Å². The van der Waals surface area contributed by atoms with Gasteiger partial charge in [0.1, 0.15) is 5.65 Å². The molecule has 116 valence electrons. The smallest absolute Gasteiger partial charge is 0.254 e. The van der Waals surface area contributed by atoms with Crippen molar-refractivity contribution in [3.63, 3.8) is 0 Å². The average molecular weight is 307 g/mol. The molecule has 0 bridgehead atoms. The van der Waals surface area contributed by atoms with Gasteiger partial charge >= 0.3 is 0 Å². The lowest BCUT2D eigenvalue weighted by atomic mass is 10.1. The van der Waals surface area contributed by atoms with Crippen LogP contribution in [0.3, 0.4) is 0 Å². The summed E-state index contributed by atoms with van der Waals surface area (Å²) in [5.74, 6) is 0.0677. The van der Waals surface area contributed by atoms with Crippen LogP contribution >= 0.6 is 0 Å². The number of hydrogen-bond donors (Lipinski definition) is 1. The molecule has 1 aliphatic rings. The highest BCUT2D eigenvalue weighted by Crippen LogP contribution is 2.23. The standard InChI is InChI=1S/C18H17N3O2/c22-18(21-8-10-23-11-9-21)14-5-3-13(4-6-14)16-12-15-2-1-7-19-17(15)20-16/h1-7,12H,8-11H2,(H,19,20). The summed E-state index contributed by atoms with van der Waals surface area (Å²) in [7, 11) is 0. The number of aromatic amines is 1. The molecule has 0 radical (unpaired) electrons. The van der Waals surface area contributed by atoms with Crippen molar-refractivity contribution in [3.8, 4) is 11.3 Å². The molecular formula is C18H17N3O2. The first-order chi connectivity index (χ1) is 11.3. The molecule has 1 saturated heterocycles. The second-order valence-electron chi connectivity index (χ2n) is 5.61. The second-order valence-corrected chi connectivity index (χ2v) is 5.61. The molecule has 2 aromatic heterocycles. The number of H-pyrrole nitrogens is 1. The van der Waals surface area contributed by atoms with Crippen LogP contribution in [0.2, 0.25) is 0 Å². The largest absolute Gasteiger partial charge is 0.378 e. The molecule has 0 atom stereocenters. The number of benzene rings is 1. The van der Waals surface area contributed by atoms with Crippen LogP contribution in [0.25, 0.3) is 22.3 Å². The summed E-state index contributed by atoms with van der Waals surface area (Å²) in [6.07, 6.45) is 1.77. The van der Waals surface area contributed by atoms with Gasteiger partial charge in [-0.2, -0.15) is 0 Å². The van der Waals surface area contributed by atoms with Crippen molar-refractivity contribution >= 4 is 16.9 Å². The lowest BCUT2D eigenvalue weighted by Crippen LogP contribution is -2.40. The molecule has 1 N–H and O–H groups in total. The molecule has 1 amide bonds. The SMILES string of the molecule is O=C(c1ccc(-c2cc3cccnc3[nH]2)cc1)N1CCOCC1. The minimum atomic E-state index is 0.0677. The lowest BCUT2D eigenvalue weighted by molar-refractivity contribution is 0.0303. The molecule has 0 unspecified atom stereocenters. The summed E-state index contributed by atoms with van der Waals surface area (Å²) in [6, 6.07) is 13.7. The molecule has 1 fully saturated rings. The van der Waals surface area contributed by atoms with Gasteiger partial charge in [0, 0.05) is 35.9 Å². The Morgan fingerprint density at radius 3 is 2.65 bits per heavy atom. The summed E-state index contributed by atoms with van der Waals surface area (Å²) in [6.45, 7) is 2.56. The normalized spacial score (nSPS) is 15.0. The first-order valence-electron chi connectivity index (χ1n) is 7.72. The van der Waals surface area contributed by atoms with Crippen molar-refractivity contribution < 1.29 is 9.53 Å². The lowest BCUT2D eigenvalue weighted by Gasteiger charge is -2.26. The van der Waals surface area contributed by atoms with Gasteiger partial charge in [-0.1, -0.05) is 12.1 Å². The molecule has 0 saturated carbocycles. The topological polar surface area (TPSA) is 58.2 Å². The van der Waals surface area contributed by atoms with Gasteiger partial charge in [-0.05, 0) is 35.9 Å². The van der Waals surface area contributed by atoms with E-state index in [1.165, 1.54) is 0 Å². The molecule has 5 heteroatoms. The Kier molecular flexibility index (Phi) is 3.55. The van der Waals surface area contributed by atoms with Crippen molar-refractivity contribution in [1.29, 1.82) is 0 Å². The maximum atomic E-state index is 12.4. The van der Waals surface area contributed by atoms with Crippen molar-refractivity contribution in [2.75, 3.05) is 26.3 Å². The molecule has 3 aromatic rings. The van der Waals surface area contributed by atoms with Crippen LogP contribution in [0, 0.1) is 0 Å². The fraction of sp³-hybridized carbons (Fsp3) is 0.222. The predicted molar refractivity (Wildman–Crippen MR) is 88.3 cm³/mol. The summed E-state index contributed by atoms with van der Waals surface area (Å²) in [4.78, 5) is 21.9. The molecule has 3 heterocycles. The van der Waals surface area contributed by atoms with Crippen molar-refractivity contribution in [3.05, 3.63) is 54.2 Å². The Labute approximate surface area is 133 Å². The third kappa shape index (κ3) is 2.71. The molecular weight excluding hydrogens is 290 g/mol. The highest BCUT2D eigenvalue weighted by atomic mass is 16.5. The second kappa shape index (κ2) is 5.85. The minimum absolute atomic E-state index is 0.0677. The van der Waals surface area contributed by atoms with E-state index < -0.39 is 0 Å². The van der Waals surface area contributed by atoms with Gasteiger partial charge in [0.05, 0.1) is 13.2 Å². The number of hydrogen-bond acceptors (Lipinski definition) is 3. The highest BCUT2D eigenvalue weighted by Gasteiger charge is 2.18. The molecule has 1 aliphatic heterocycles. The zero-order valence-corrected chi connectivity index (χ0v) is 12.7. The van der Waals surface area contributed by atoms with Crippen LogP contribution in [-0.2, 0) is 4.74 Å². The van der Waals surface area contributed by atoms with Gasteiger partial charge < -0.3 is 14.6 Å². The third-order valence-electron chi connectivity index (χ3n) is 4.13. The van der Waals surface area contributed by atoms with E-state index in [2.05, 4.69) is 16.0 Å². The molecule has 4 rings (SSSR count). The van der Waals surface area contributed by atoms with Crippen LogP contribution in [0.15, 0.2) is 48.7 Å². The van der Waals surface area contributed by atoms with Crippen molar-refractivity contribution in [2.45, 2.75) is 0 Å². The summed E-state index contributed by atoms with van der Waals surface area (Å²) >= 11 is 0. The number of ether oxygens (including phenoxy) is 1. The summed E-state index contributed by atoms with van der Waals surface area (Å²) in [5, 5.41) is 1.08. The first-order valence-corrected chi connectivity index (χ1v) is 7.72. The van der Waals surface area contributed by atoms with Crippen LogP contribution in [0.4, 0.5) is 0 Å². The van der Waals surface area contributed by atoms with Crippen LogP contribution in [0.5, 0.6) is 0 Å². The Morgan fingerprint density at radius 1 is 1.13 bits per heavy atom. The number of amides is 1. The maximum absolute atomic E-state index is 12.4. The summed E-state index contributed by atoms with van der Waals surface area (Å²) in [5.41, 5.74) is 3.63. The van der Waals surface area contributed by atoms with Gasteiger partial charge in [0.15, 0.2) is 0 Å². The molecule has 0 spiro atoms. The monoisotopic (exact) mass is 307 g/mol. The molecule has 1 aromatic carbocycles. The Balaban J connectivity index is 1.58. The molecule has 0 aliphatic carbocycles. The average Bonchev–Trinajstić information content (AvgIpc) is 3.06. The number of carbonyl (C=O) groups excluding carboxylic acids is 1. The van der Waals surface area contributed by atoms with E-state index >= 15 is 0 Å². The number of rotatable bonds is 2. The fourth-order valence-electron chi connectivity index (χ4n) is 2.85. The third-order valence-corrected chi connectivity index (χ3v) is 4.13. The van der Waals surface area contributed by atoms with E-state index in [1.807, 2.05) is 41.3 Å². The van der Waals surface area contributed by atoms with Gasteiger partial charge in [0.25, 0.3) is 5.91 Å². The van der Waals surface area contributed by atoms with E-state index in [1.54, 1.807) is 6.20 Å². The van der Waals surface area contributed by atoms with Crippen LogP contribution < -0.4 is 0 Å². The number of fused-ring (bicyclic) bond motifs is 1. The van der Waals surface area contributed by atoms with E-state index in [-0.39, 0.29) is 5.91 Å². The number of carbonyl (C=O) groups is 1. The number of nitrogens with one attached hydrogen (secondary N) is 1. The Hall–Kier alpha value is -2.66. The molecule has 5 nitrogen and oxygen atoms in total. The number of aromatic nitrogens is 2. The Morgan fingerprint density at radius 2 is 1.91 bits per heavy atom. The maximum Gasteiger partial charge on any atom is 0.254 e. The van der Waals surface area contributed by atoms with Gasteiger partial charge in [-0.15, -0.1) is 0 Å². The predicted octanol–water partition coefficient (Wildman–Crippen LogP) is 2.70. The number of morpholine rings is 1. The number of pyridine rings is 1. The Bertz CT molecular complexity index is 800. The zero-order chi connectivity index (χ0) is 15.6. The van der Waals surface area contributed by atoms with Gasteiger partial charge in [-0.25, -0.2) is 4.98 Å². The zero-order valence-electron chi connectivity index (χ0n) is 12.7.